The minimum atomic E-state index is -2.44. The van der Waals surface area contributed by atoms with Crippen LogP contribution in [-0.4, -0.2) is 35.1 Å². The van der Waals surface area contributed by atoms with Gasteiger partial charge in [-0.15, -0.1) is 0 Å². The summed E-state index contributed by atoms with van der Waals surface area (Å²) in [7, 11) is 0. The molecule has 0 bridgehead atoms. The Labute approximate surface area is 160 Å². The number of carbonyl (C=O) groups excluding carboxylic acids is 3. The Balaban J connectivity index is 1.44. The Morgan fingerprint density at radius 3 is 2.43 bits per heavy atom. The smallest absolute Gasteiger partial charge is 0.417 e. The lowest BCUT2D eigenvalue weighted by Crippen LogP contribution is -2.42. The fourth-order valence-electron chi connectivity index (χ4n) is 3.34. The molecule has 2 aromatic carbocycles. The van der Waals surface area contributed by atoms with Crippen molar-refractivity contribution in [2.45, 2.75) is 24.7 Å². The lowest BCUT2D eigenvalue weighted by molar-refractivity contribution is -0.151. The lowest BCUT2D eigenvalue weighted by atomic mass is 10.1. The number of benzene rings is 2. The number of esters is 1. The van der Waals surface area contributed by atoms with Gasteiger partial charge in [0.25, 0.3) is 5.91 Å². The molecular formula is C21H18FNO5. The van der Waals surface area contributed by atoms with Crippen LogP contribution in [0.2, 0.25) is 0 Å². The number of hydrogen-bond donors (Lipinski definition) is 0. The molecule has 28 heavy (non-hydrogen) atoms. The van der Waals surface area contributed by atoms with Crippen LogP contribution >= 0.6 is 0 Å². The van der Waals surface area contributed by atoms with E-state index in [1.165, 1.54) is 0 Å². The second-order valence-electron chi connectivity index (χ2n) is 6.89. The minimum absolute atomic E-state index is 0.00115. The number of rotatable bonds is 5. The van der Waals surface area contributed by atoms with Crippen LogP contribution < -0.4 is 0 Å². The van der Waals surface area contributed by atoms with Crippen LogP contribution in [0.3, 0.4) is 0 Å². The molecule has 1 heterocycles. The largest absolute Gasteiger partial charge is 0.460 e. The number of hydrogen-bond acceptors (Lipinski definition) is 5. The van der Waals surface area contributed by atoms with Crippen molar-refractivity contribution in [1.82, 2.24) is 4.90 Å². The lowest BCUT2D eigenvalue weighted by Gasteiger charge is -2.21. The molecule has 0 N–H and O–H groups in total. The van der Waals surface area contributed by atoms with Crippen molar-refractivity contribution in [2.75, 3.05) is 6.61 Å². The highest BCUT2D eigenvalue weighted by Gasteiger charge is 2.69. The fraction of sp³-hybridized carbons (Fsp3) is 0.286. The highest BCUT2D eigenvalue weighted by atomic mass is 19.1. The Morgan fingerprint density at radius 1 is 1.11 bits per heavy atom. The second-order valence-corrected chi connectivity index (χ2v) is 6.89. The van der Waals surface area contributed by atoms with Crippen molar-refractivity contribution in [3.8, 4) is 0 Å². The van der Waals surface area contributed by atoms with Crippen molar-refractivity contribution in [3.63, 3.8) is 0 Å². The highest BCUT2D eigenvalue weighted by molar-refractivity contribution is 6.04. The van der Waals surface area contributed by atoms with Crippen molar-refractivity contribution < 1.29 is 28.2 Å². The molecule has 2 aromatic rings. The Hall–Kier alpha value is -3.22. The zero-order valence-corrected chi connectivity index (χ0v) is 14.9. The minimum Gasteiger partial charge on any atom is -0.460 e. The Morgan fingerprint density at radius 2 is 1.75 bits per heavy atom. The van der Waals surface area contributed by atoms with Gasteiger partial charge in [0, 0.05) is 6.42 Å². The van der Waals surface area contributed by atoms with Gasteiger partial charge in [-0.25, -0.2) is 14.1 Å². The van der Waals surface area contributed by atoms with Crippen molar-refractivity contribution in [3.05, 3.63) is 71.8 Å². The molecule has 1 saturated heterocycles. The monoisotopic (exact) mass is 383 g/mol. The van der Waals surface area contributed by atoms with Crippen molar-refractivity contribution >= 4 is 18.0 Å². The molecule has 0 radical (unpaired) electrons. The first-order valence-electron chi connectivity index (χ1n) is 8.95. The van der Waals surface area contributed by atoms with Gasteiger partial charge in [0.05, 0.1) is 0 Å². The Bertz CT molecular complexity index is 904. The molecule has 0 aromatic heterocycles. The van der Waals surface area contributed by atoms with E-state index in [-0.39, 0.29) is 19.6 Å². The molecule has 0 unspecified atom stereocenters. The average Bonchev–Trinajstić information content (AvgIpc) is 3.29. The Kier molecular flexibility index (Phi) is 4.58. The number of halogens is 1. The highest BCUT2D eigenvalue weighted by Crippen LogP contribution is 2.51. The molecule has 2 fully saturated rings. The molecular weight excluding hydrogens is 365 g/mol. The van der Waals surface area contributed by atoms with Gasteiger partial charge in [0.15, 0.2) is 0 Å². The summed E-state index contributed by atoms with van der Waals surface area (Å²) in [4.78, 5) is 37.8. The van der Waals surface area contributed by atoms with E-state index >= 15 is 4.39 Å². The van der Waals surface area contributed by atoms with E-state index < -0.39 is 35.6 Å². The van der Waals surface area contributed by atoms with E-state index in [1.54, 1.807) is 54.6 Å². The summed E-state index contributed by atoms with van der Waals surface area (Å²) in [5, 5.41) is 0. The number of nitrogens with zero attached hydrogens (tertiary/aromatic N) is 1. The first-order chi connectivity index (χ1) is 13.5. The summed E-state index contributed by atoms with van der Waals surface area (Å²) in [6.45, 7) is -0.0490. The maximum atomic E-state index is 15.1. The average molecular weight is 383 g/mol. The molecule has 1 aliphatic heterocycles. The summed E-state index contributed by atoms with van der Waals surface area (Å²) in [5.41, 5.74) is -1.02. The summed E-state index contributed by atoms with van der Waals surface area (Å²) in [5.74, 6) is -3.05. The van der Waals surface area contributed by atoms with Gasteiger partial charge in [0.1, 0.15) is 25.2 Å². The molecule has 7 heteroatoms. The molecule has 3 atom stereocenters. The van der Waals surface area contributed by atoms with Crippen LogP contribution in [0.25, 0.3) is 0 Å². The molecule has 6 nitrogen and oxygen atoms in total. The third kappa shape index (κ3) is 3.24. The summed E-state index contributed by atoms with van der Waals surface area (Å²) in [6.07, 6.45) is -1.20. The van der Waals surface area contributed by atoms with Gasteiger partial charge in [-0.05, 0) is 11.1 Å². The van der Waals surface area contributed by atoms with E-state index in [1.807, 2.05) is 6.07 Å². The standard InChI is InChI=1S/C21H18FNO5/c22-21(11-16(21)18(24)27-12-14-7-3-1-4-8-14)19(25)23-17(13-28-20(23)26)15-9-5-2-6-10-15/h1-10,16-17H,11-13H2/t16-,17-,21+/m1/s1. The van der Waals surface area contributed by atoms with Crippen LogP contribution in [0.15, 0.2) is 60.7 Å². The summed E-state index contributed by atoms with van der Waals surface area (Å²) in [6, 6.07) is 17.0. The van der Waals surface area contributed by atoms with Crippen LogP contribution in [0.1, 0.15) is 23.6 Å². The molecule has 2 amide bonds. The molecule has 1 aliphatic carbocycles. The maximum absolute atomic E-state index is 15.1. The van der Waals surface area contributed by atoms with Crippen LogP contribution in [0.5, 0.6) is 0 Å². The third-order valence-corrected chi connectivity index (χ3v) is 5.03. The van der Waals surface area contributed by atoms with Crippen LogP contribution in [0.4, 0.5) is 9.18 Å². The predicted octanol–water partition coefficient (Wildman–Crippen LogP) is 3.18. The predicted molar refractivity (Wildman–Crippen MR) is 95.6 cm³/mol. The van der Waals surface area contributed by atoms with Crippen LogP contribution in [-0.2, 0) is 25.7 Å². The van der Waals surface area contributed by atoms with Gasteiger partial charge in [-0.2, -0.15) is 0 Å². The van der Waals surface area contributed by atoms with E-state index in [0.717, 1.165) is 10.5 Å². The van der Waals surface area contributed by atoms with E-state index in [4.69, 9.17) is 9.47 Å². The number of carbonyl (C=O) groups is 3. The SMILES string of the molecule is O=C(OCc1ccccc1)[C@H]1C[C@@]1(F)C(=O)N1C(=O)OC[C@@H]1c1ccccc1. The molecule has 4 rings (SSSR count). The first kappa shape index (κ1) is 18.2. The number of amides is 2. The van der Waals surface area contributed by atoms with Gasteiger partial charge in [-0.3, -0.25) is 9.59 Å². The second kappa shape index (κ2) is 7.07. The van der Waals surface area contributed by atoms with Gasteiger partial charge < -0.3 is 9.47 Å². The topological polar surface area (TPSA) is 72.9 Å². The maximum Gasteiger partial charge on any atom is 0.417 e. The summed E-state index contributed by atoms with van der Waals surface area (Å²) >= 11 is 0. The van der Waals surface area contributed by atoms with Gasteiger partial charge >= 0.3 is 12.1 Å². The van der Waals surface area contributed by atoms with Crippen molar-refractivity contribution in [2.24, 2.45) is 5.92 Å². The van der Waals surface area contributed by atoms with E-state index in [2.05, 4.69) is 0 Å². The zero-order valence-electron chi connectivity index (χ0n) is 14.9. The third-order valence-electron chi connectivity index (χ3n) is 5.03. The molecule has 1 saturated carbocycles. The van der Waals surface area contributed by atoms with Gasteiger partial charge in [0.2, 0.25) is 5.67 Å². The number of ether oxygens (including phenoxy) is 2. The molecule has 0 spiro atoms. The number of cyclic esters (lactones) is 1. The van der Waals surface area contributed by atoms with Crippen LogP contribution in [0, 0.1) is 5.92 Å². The molecule has 144 valence electrons. The van der Waals surface area contributed by atoms with E-state index in [9.17, 15) is 14.4 Å². The number of imide groups is 1. The number of alkyl halides is 1. The molecule has 2 aliphatic rings. The quantitative estimate of drug-likeness (QED) is 0.742. The first-order valence-corrected chi connectivity index (χ1v) is 8.95. The van der Waals surface area contributed by atoms with E-state index in [0.29, 0.717) is 5.56 Å². The van der Waals surface area contributed by atoms with Gasteiger partial charge in [-0.1, -0.05) is 60.7 Å². The zero-order chi connectivity index (χ0) is 19.7. The summed E-state index contributed by atoms with van der Waals surface area (Å²) < 4.78 is 25.2. The fourth-order valence-corrected chi connectivity index (χ4v) is 3.34. The normalized spacial score (nSPS) is 25.9. The van der Waals surface area contributed by atoms with Crippen molar-refractivity contribution in [1.29, 1.82) is 0 Å².